The molecule has 17 heavy (non-hydrogen) atoms. The molecule has 0 radical (unpaired) electrons. The topological polar surface area (TPSA) is 12.9 Å². The highest BCUT2D eigenvalue weighted by Gasteiger charge is 2.16. The van der Waals surface area contributed by atoms with E-state index in [4.69, 9.17) is 0 Å². The zero-order valence-electron chi connectivity index (χ0n) is 10.4. The van der Waals surface area contributed by atoms with Gasteiger partial charge in [0.05, 0.1) is 13.8 Å². The standard InChI is InChI=1S/C14H16BrNSi/c1-17(2,3)13-7-8-14(16-10-13)11-5-4-6-12(15)9-11/h4-10H,1-3H3. The molecule has 2 rings (SSSR count). The van der Waals surface area contributed by atoms with Gasteiger partial charge in [-0.1, -0.05) is 53.8 Å². The third-order valence-corrected chi connectivity index (χ3v) is 5.27. The van der Waals surface area contributed by atoms with E-state index in [1.54, 1.807) is 0 Å². The van der Waals surface area contributed by atoms with E-state index in [-0.39, 0.29) is 0 Å². The van der Waals surface area contributed by atoms with Crippen molar-refractivity contribution in [3.63, 3.8) is 0 Å². The van der Waals surface area contributed by atoms with E-state index >= 15 is 0 Å². The van der Waals surface area contributed by atoms with E-state index in [0.717, 1.165) is 15.7 Å². The average molecular weight is 306 g/mol. The molecule has 0 saturated heterocycles. The van der Waals surface area contributed by atoms with Crippen LogP contribution >= 0.6 is 15.9 Å². The van der Waals surface area contributed by atoms with Crippen LogP contribution in [0.1, 0.15) is 0 Å². The maximum Gasteiger partial charge on any atom is 0.0796 e. The quantitative estimate of drug-likeness (QED) is 0.763. The average Bonchev–Trinajstić information content (AvgIpc) is 2.28. The monoisotopic (exact) mass is 305 g/mol. The van der Waals surface area contributed by atoms with E-state index in [1.807, 2.05) is 18.3 Å². The molecule has 1 heterocycles. The highest BCUT2D eigenvalue weighted by Crippen LogP contribution is 2.20. The van der Waals surface area contributed by atoms with Crippen molar-refractivity contribution < 1.29 is 0 Å². The molecular weight excluding hydrogens is 290 g/mol. The Labute approximate surface area is 112 Å². The molecule has 0 aliphatic heterocycles. The SMILES string of the molecule is C[Si](C)(C)c1ccc(-c2cccc(Br)c2)nc1. The lowest BCUT2D eigenvalue weighted by Gasteiger charge is -2.16. The summed E-state index contributed by atoms with van der Waals surface area (Å²) in [6, 6.07) is 12.6. The molecule has 0 atom stereocenters. The first-order valence-corrected chi connectivity index (χ1v) is 9.98. The van der Waals surface area contributed by atoms with E-state index < -0.39 is 8.07 Å². The van der Waals surface area contributed by atoms with Crippen LogP contribution in [0.4, 0.5) is 0 Å². The van der Waals surface area contributed by atoms with Gasteiger partial charge in [-0.05, 0) is 23.4 Å². The van der Waals surface area contributed by atoms with Gasteiger partial charge in [0.25, 0.3) is 0 Å². The largest absolute Gasteiger partial charge is 0.256 e. The van der Waals surface area contributed by atoms with Crippen LogP contribution in [0, 0.1) is 0 Å². The van der Waals surface area contributed by atoms with Gasteiger partial charge < -0.3 is 0 Å². The van der Waals surface area contributed by atoms with Crippen molar-refractivity contribution >= 4 is 29.2 Å². The van der Waals surface area contributed by atoms with Gasteiger partial charge in [0, 0.05) is 16.2 Å². The molecule has 1 aromatic carbocycles. The number of hydrogen-bond donors (Lipinski definition) is 0. The van der Waals surface area contributed by atoms with Crippen LogP contribution in [0.2, 0.25) is 19.6 Å². The van der Waals surface area contributed by atoms with Crippen LogP contribution in [0.25, 0.3) is 11.3 Å². The van der Waals surface area contributed by atoms with Crippen molar-refractivity contribution in [2.45, 2.75) is 19.6 Å². The summed E-state index contributed by atoms with van der Waals surface area (Å²) in [5.41, 5.74) is 2.19. The number of aromatic nitrogens is 1. The maximum absolute atomic E-state index is 4.57. The van der Waals surface area contributed by atoms with Gasteiger partial charge >= 0.3 is 0 Å². The van der Waals surface area contributed by atoms with Gasteiger partial charge in [0.15, 0.2) is 0 Å². The summed E-state index contributed by atoms with van der Waals surface area (Å²) in [5.74, 6) is 0. The number of nitrogens with zero attached hydrogens (tertiary/aromatic N) is 1. The second kappa shape index (κ2) is 4.74. The minimum absolute atomic E-state index is 1.04. The molecule has 0 aliphatic carbocycles. The number of pyridine rings is 1. The van der Waals surface area contributed by atoms with Crippen LogP contribution in [0.15, 0.2) is 47.1 Å². The molecular formula is C14H16BrNSi. The summed E-state index contributed by atoms with van der Waals surface area (Å²) < 4.78 is 1.09. The Kier molecular flexibility index (Phi) is 3.49. The molecule has 0 fully saturated rings. The first-order valence-electron chi connectivity index (χ1n) is 5.69. The van der Waals surface area contributed by atoms with Crippen molar-refractivity contribution in [2.75, 3.05) is 0 Å². The van der Waals surface area contributed by atoms with E-state index in [1.165, 1.54) is 5.19 Å². The minimum atomic E-state index is -1.24. The highest BCUT2D eigenvalue weighted by atomic mass is 79.9. The summed E-state index contributed by atoms with van der Waals surface area (Å²) >= 11 is 3.48. The van der Waals surface area contributed by atoms with Crippen molar-refractivity contribution in [3.05, 3.63) is 47.1 Å². The summed E-state index contributed by atoms with van der Waals surface area (Å²) in [4.78, 5) is 4.57. The molecule has 0 spiro atoms. The summed E-state index contributed by atoms with van der Waals surface area (Å²) in [5, 5.41) is 1.40. The zero-order chi connectivity index (χ0) is 12.5. The van der Waals surface area contributed by atoms with Crippen LogP contribution < -0.4 is 5.19 Å². The van der Waals surface area contributed by atoms with Crippen molar-refractivity contribution in [3.8, 4) is 11.3 Å². The Hall–Kier alpha value is -0.933. The third kappa shape index (κ3) is 3.04. The van der Waals surface area contributed by atoms with Crippen molar-refractivity contribution in [1.82, 2.24) is 4.98 Å². The first-order chi connectivity index (χ1) is 7.97. The van der Waals surface area contributed by atoms with E-state index in [9.17, 15) is 0 Å². The molecule has 3 heteroatoms. The second-order valence-corrected chi connectivity index (χ2v) is 11.2. The van der Waals surface area contributed by atoms with Gasteiger partial charge in [-0.25, -0.2) is 0 Å². The van der Waals surface area contributed by atoms with Gasteiger partial charge in [0.1, 0.15) is 0 Å². The van der Waals surface area contributed by atoms with Gasteiger partial charge in [-0.2, -0.15) is 0 Å². The van der Waals surface area contributed by atoms with Crippen LogP contribution in [-0.4, -0.2) is 13.1 Å². The molecule has 0 aliphatic rings. The molecule has 1 nitrogen and oxygen atoms in total. The van der Waals surface area contributed by atoms with Gasteiger partial charge in [-0.3, -0.25) is 4.98 Å². The third-order valence-electron chi connectivity index (χ3n) is 2.75. The Morgan fingerprint density at radius 3 is 2.35 bits per heavy atom. The molecule has 0 amide bonds. The van der Waals surface area contributed by atoms with E-state index in [0.29, 0.717) is 0 Å². The maximum atomic E-state index is 4.57. The Morgan fingerprint density at radius 2 is 1.82 bits per heavy atom. The summed E-state index contributed by atoms with van der Waals surface area (Å²) in [6.07, 6.45) is 2.03. The molecule has 0 saturated carbocycles. The molecule has 1 aromatic heterocycles. The number of rotatable bonds is 2. The predicted molar refractivity (Wildman–Crippen MR) is 80.4 cm³/mol. The molecule has 0 bridgehead atoms. The second-order valence-electron chi connectivity index (χ2n) is 5.19. The first kappa shape index (κ1) is 12.5. The fraction of sp³-hybridized carbons (Fsp3) is 0.214. The normalized spacial score (nSPS) is 11.5. The van der Waals surface area contributed by atoms with Gasteiger partial charge in [0.2, 0.25) is 0 Å². The highest BCUT2D eigenvalue weighted by molar-refractivity contribution is 9.10. The van der Waals surface area contributed by atoms with Crippen LogP contribution in [0.3, 0.4) is 0 Å². The fourth-order valence-electron chi connectivity index (χ4n) is 1.66. The van der Waals surface area contributed by atoms with Crippen molar-refractivity contribution in [1.29, 1.82) is 0 Å². The lowest BCUT2D eigenvalue weighted by Crippen LogP contribution is -2.37. The Morgan fingerprint density at radius 1 is 1.06 bits per heavy atom. The lowest BCUT2D eigenvalue weighted by atomic mass is 10.1. The molecule has 0 unspecified atom stereocenters. The lowest BCUT2D eigenvalue weighted by molar-refractivity contribution is 1.33. The zero-order valence-corrected chi connectivity index (χ0v) is 13.0. The van der Waals surface area contributed by atoms with Gasteiger partial charge in [-0.15, -0.1) is 0 Å². The van der Waals surface area contributed by atoms with Crippen LogP contribution in [-0.2, 0) is 0 Å². The number of benzene rings is 1. The Balaban J connectivity index is 2.36. The Bertz CT molecular complexity index is 514. The summed E-state index contributed by atoms with van der Waals surface area (Å²) in [6.45, 7) is 7.01. The summed E-state index contributed by atoms with van der Waals surface area (Å²) in [7, 11) is -1.24. The number of halogens is 1. The van der Waals surface area contributed by atoms with Crippen LogP contribution in [0.5, 0.6) is 0 Å². The predicted octanol–water partition coefficient (Wildman–Crippen LogP) is 4.06. The van der Waals surface area contributed by atoms with E-state index in [2.05, 4.69) is 64.8 Å². The molecule has 2 aromatic rings. The minimum Gasteiger partial charge on any atom is -0.256 e. The number of hydrogen-bond acceptors (Lipinski definition) is 1. The van der Waals surface area contributed by atoms with Crippen molar-refractivity contribution in [2.24, 2.45) is 0 Å². The molecule has 88 valence electrons. The smallest absolute Gasteiger partial charge is 0.0796 e. The fourth-order valence-corrected chi connectivity index (χ4v) is 3.09. The molecule has 0 N–H and O–H groups in total.